The van der Waals surface area contributed by atoms with Crippen molar-refractivity contribution in [3.63, 3.8) is 0 Å². The molecule has 3 aromatic carbocycles. The highest BCUT2D eigenvalue weighted by Crippen LogP contribution is 2.25. The minimum Gasteiger partial charge on any atom is -0.338 e. The van der Waals surface area contributed by atoms with Crippen LogP contribution in [0, 0.1) is 5.82 Å². The summed E-state index contributed by atoms with van der Waals surface area (Å²) in [6.45, 7) is 1.83. The van der Waals surface area contributed by atoms with Gasteiger partial charge in [-0.1, -0.05) is 48.5 Å². The van der Waals surface area contributed by atoms with Crippen LogP contribution in [0.3, 0.4) is 0 Å². The number of hydrogen-bond donors (Lipinski definition) is 2. The fourth-order valence-corrected chi connectivity index (χ4v) is 3.72. The Balaban J connectivity index is 1.40. The second-order valence-electron chi connectivity index (χ2n) is 7.59. The average Bonchev–Trinajstić information content (AvgIpc) is 3.19. The second-order valence-corrected chi connectivity index (χ2v) is 7.59. The van der Waals surface area contributed by atoms with Crippen molar-refractivity contribution in [3.05, 3.63) is 89.7 Å². The van der Waals surface area contributed by atoms with E-state index in [0.717, 1.165) is 35.2 Å². The standard InChI is InChI=1S/C25H24FN3O2/c26-21-11-13-22(14-12-21)28-25(31)27-16-20-4-1-2-5-23(20)19-9-7-18(8-10-19)17-29-15-3-6-24(29)30/h1-2,4-5,7-14H,3,6,15-17H2,(H2,27,28,31). The molecule has 0 saturated carbocycles. The molecule has 3 aromatic rings. The Hall–Kier alpha value is -3.67. The first kappa shape index (κ1) is 20.6. The molecule has 0 atom stereocenters. The number of amides is 3. The van der Waals surface area contributed by atoms with Crippen molar-refractivity contribution in [2.75, 3.05) is 11.9 Å². The molecule has 1 heterocycles. The maximum atomic E-state index is 13.0. The van der Waals surface area contributed by atoms with E-state index in [-0.39, 0.29) is 17.8 Å². The number of rotatable bonds is 6. The summed E-state index contributed by atoms with van der Waals surface area (Å²) in [6.07, 6.45) is 1.58. The van der Waals surface area contributed by atoms with E-state index >= 15 is 0 Å². The Morgan fingerprint density at radius 2 is 1.71 bits per heavy atom. The van der Waals surface area contributed by atoms with Gasteiger partial charge in [0.15, 0.2) is 0 Å². The molecule has 1 fully saturated rings. The molecular formula is C25H24FN3O2. The van der Waals surface area contributed by atoms with E-state index in [2.05, 4.69) is 10.6 Å². The van der Waals surface area contributed by atoms with Crippen LogP contribution in [-0.2, 0) is 17.9 Å². The van der Waals surface area contributed by atoms with Crippen LogP contribution in [0.5, 0.6) is 0 Å². The van der Waals surface area contributed by atoms with E-state index in [4.69, 9.17) is 0 Å². The topological polar surface area (TPSA) is 61.4 Å². The van der Waals surface area contributed by atoms with Gasteiger partial charge in [-0.15, -0.1) is 0 Å². The fraction of sp³-hybridized carbons (Fsp3) is 0.200. The molecule has 6 heteroatoms. The van der Waals surface area contributed by atoms with Gasteiger partial charge < -0.3 is 15.5 Å². The van der Waals surface area contributed by atoms with Crippen LogP contribution in [0.4, 0.5) is 14.9 Å². The molecule has 0 aromatic heterocycles. The van der Waals surface area contributed by atoms with Gasteiger partial charge in [0.25, 0.3) is 0 Å². The van der Waals surface area contributed by atoms with Gasteiger partial charge in [0.1, 0.15) is 5.82 Å². The van der Waals surface area contributed by atoms with Crippen molar-refractivity contribution >= 4 is 17.6 Å². The summed E-state index contributed by atoms with van der Waals surface area (Å²) in [5.41, 5.74) is 4.70. The zero-order valence-corrected chi connectivity index (χ0v) is 17.1. The molecule has 158 valence electrons. The lowest BCUT2D eigenvalue weighted by atomic mass is 9.98. The van der Waals surface area contributed by atoms with E-state index in [1.54, 1.807) is 0 Å². The van der Waals surface area contributed by atoms with Crippen LogP contribution in [-0.4, -0.2) is 23.4 Å². The SMILES string of the molecule is O=C(NCc1ccccc1-c1ccc(CN2CCCC2=O)cc1)Nc1ccc(F)cc1. The summed E-state index contributed by atoms with van der Waals surface area (Å²) in [5, 5.41) is 5.54. The number of nitrogens with one attached hydrogen (secondary N) is 2. The smallest absolute Gasteiger partial charge is 0.319 e. The van der Waals surface area contributed by atoms with Gasteiger partial charge in [-0.3, -0.25) is 4.79 Å². The summed E-state index contributed by atoms with van der Waals surface area (Å²) < 4.78 is 13.0. The quantitative estimate of drug-likeness (QED) is 0.597. The Kier molecular flexibility index (Phi) is 6.26. The molecule has 0 bridgehead atoms. The summed E-state index contributed by atoms with van der Waals surface area (Å²) in [6, 6.07) is 21.4. The van der Waals surface area contributed by atoms with Gasteiger partial charge in [-0.25, -0.2) is 9.18 Å². The van der Waals surface area contributed by atoms with E-state index in [1.807, 2.05) is 53.4 Å². The fourth-order valence-electron chi connectivity index (χ4n) is 3.72. The van der Waals surface area contributed by atoms with Crippen LogP contribution in [0.1, 0.15) is 24.0 Å². The van der Waals surface area contributed by atoms with Crippen molar-refractivity contribution < 1.29 is 14.0 Å². The molecule has 3 amide bonds. The highest BCUT2D eigenvalue weighted by molar-refractivity contribution is 5.89. The van der Waals surface area contributed by atoms with E-state index in [9.17, 15) is 14.0 Å². The summed E-state index contributed by atoms with van der Waals surface area (Å²) in [5.74, 6) is -0.127. The van der Waals surface area contributed by atoms with Gasteiger partial charge in [0.05, 0.1) is 0 Å². The minimum atomic E-state index is -0.355. The number of benzene rings is 3. The molecule has 0 spiro atoms. The van der Waals surface area contributed by atoms with Gasteiger partial charge in [0.2, 0.25) is 5.91 Å². The van der Waals surface area contributed by atoms with E-state index in [0.29, 0.717) is 25.2 Å². The molecule has 1 aliphatic heterocycles. The summed E-state index contributed by atoms with van der Waals surface area (Å²) in [7, 11) is 0. The molecular weight excluding hydrogens is 393 g/mol. The Morgan fingerprint density at radius 3 is 2.42 bits per heavy atom. The van der Waals surface area contributed by atoms with Crippen molar-refractivity contribution in [2.45, 2.75) is 25.9 Å². The van der Waals surface area contributed by atoms with Crippen LogP contribution >= 0.6 is 0 Å². The number of carbonyl (C=O) groups excluding carboxylic acids is 2. The number of anilines is 1. The summed E-state index contributed by atoms with van der Waals surface area (Å²) in [4.78, 5) is 25.9. The van der Waals surface area contributed by atoms with Crippen LogP contribution in [0.25, 0.3) is 11.1 Å². The average molecular weight is 417 g/mol. The first-order valence-electron chi connectivity index (χ1n) is 10.3. The predicted octanol–water partition coefficient (Wildman–Crippen LogP) is 4.94. The molecule has 1 saturated heterocycles. The predicted molar refractivity (Wildman–Crippen MR) is 119 cm³/mol. The molecule has 4 rings (SSSR count). The zero-order valence-electron chi connectivity index (χ0n) is 17.1. The maximum Gasteiger partial charge on any atom is 0.319 e. The molecule has 0 radical (unpaired) electrons. The third-order valence-corrected chi connectivity index (χ3v) is 5.37. The van der Waals surface area contributed by atoms with Crippen molar-refractivity contribution in [1.29, 1.82) is 0 Å². The normalized spacial score (nSPS) is 13.3. The van der Waals surface area contributed by atoms with Gasteiger partial charge in [-0.05, 0) is 52.9 Å². The molecule has 5 nitrogen and oxygen atoms in total. The summed E-state index contributed by atoms with van der Waals surface area (Å²) >= 11 is 0. The number of halogens is 1. The van der Waals surface area contributed by atoms with Crippen molar-refractivity contribution in [3.8, 4) is 11.1 Å². The molecule has 2 N–H and O–H groups in total. The lowest BCUT2D eigenvalue weighted by Gasteiger charge is -2.16. The van der Waals surface area contributed by atoms with Crippen LogP contribution in [0.2, 0.25) is 0 Å². The van der Waals surface area contributed by atoms with Crippen molar-refractivity contribution in [1.82, 2.24) is 10.2 Å². The molecule has 1 aliphatic rings. The number of urea groups is 1. The monoisotopic (exact) mass is 417 g/mol. The third-order valence-electron chi connectivity index (χ3n) is 5.37. The maximum absolute atomic E-state index is 13.0. The second kappa shape index (κ2) is 9.43. The zero-order chi connectivity index (χ0) is 21.6. The lowest BCUT2D eigenvalue weighted by Crippen LogP contribution is -2.28. The highest BCUT2D eigenvalue weighted by Gasteiger charge is 2.19. The Labute approximate surface area is 180 Å². The minimum absolute atomic E-state index is 0.222. The third kappa shape index (κ3) is 5.28. The largest absolute Gasteiger partial charge is 0.338 e. The van der Waals surface area contributed by atoms with Crippen LogP contribution < -0.4 is 10.6 Å². The van der Waals surface area contributed by atoms with Gasteiger partial charge in [0, 0.05) is 31.7 Å². The molecule has 0 unspecified atom stereocenters. The molecule has 0 aliphatic carbocycles. The number of carbonyl (C=O) groups is 2. The number of hydrogen-bond acceptors (Lipinski definition) is 2. The van der Waals surface area contributed by atoms with Crippen molar-refractivity contribution in [2.24, 2.45) is 0 Å². The Morgan fingerprint density at radius 1 is 0.968 bits per heavy atom. The first-order chi connectivity index (χ1) is 15.1. The lowest BCUT2D eigenvalue weighted by molar-refractivity contribution is -0.128. The number of likely N-dealkylation sites (tertiary alicyclic amines) is 1. The highest BCUT2D eigenvalue weighted by atomic mass is 19.1. The van der Waals surface area contributed by atoms with Crippen LogP contribution in [0.15, 0.2) is 72.8 Å². The molecule has 31 heavy (non-hydrogen) atoms. The van der Waals surface area contributed by atoms with E-state index in [1.165, 1.54) is 24.3 Å². The van der Waals surface area contributed by atoms with Gasteiger partial charge in [-0.2, -0.15) is 0 Å². The number of nitrogens with zero attached hydrogens (tertiary/aromatic N) is 1. The van der Waals surface area contributed by atoms with Gasteiger partial charge >= 0.3 is 6.03 Å². The van der Waals surface area contributed by atoms with E-state index < -0.39 is 0 Å². The Bertz CT molecular complexity index is 1060. The first-order valence-corrected chi connectivity index (χ1v) is 10.3.